The minimum atomic E-state index is -0.313. The Bertz CT molecular complexity index is 655. The van der Waals surface area contributed by atoms with Crippen molar-refractivity contribution in [3.8, 4) is 12.3 Å². The molecule has 2 heterocycles. The molecule has 0 saturated carbocycles. The molecule has 2 fully saturated rings. The van der Waals surface area contributed by atoms with E-state index in [0.717, 1.165) is 44.6 Å². The van der Waals surface area contributed by atoms with Gasteiger partial charge in [-0.3, -0.25) is 16.5 Å². The quantitative estimate of drug-likeness (QED) is 0.313. The van der Waals surface area contributed by atoms with E-state index in [0.29, 0.717) is 19.5 Å². The normalized spacial score (nSPS) is 18.7. The van der Waals surface area contributed by atoms with Crippen molar-refractivity contribution < 1.29 is 19.4 Å². The van der Waals surface area contributed by atoms with E-state index in [1.807, 2.05) is 38.1 Å². The molecule has 8 nitrogen and oxygen atoms in total. The summed E-state index contributed by atoms with van der Waals surface area (Å²) in [5.74, 6) is 10.8. The second-order valence-corrected chi connectivity index (χ2v) is 7.75. The number of aliphatic hydroxyl groups excluding tert-OH is 1. The standard InChI is InChI=1S/C12H21NO3.C10H11N.CH2O.H4N2/c1-12(3-6-16-7-4-12)8-11(15)13-5-2-10(14)9-13;1-3-9-4-6-10(7-5-9)8-11-2;2*1-2/h10,14H,2-9H2,1H3;1,4-7,11H,8H2,2H3;1H2;1-2H2. The van der Waals surface area contributed by atoms with Gasteiger partial charge in [0.05, 0.1) is 6.10 Å². The molecule has 0 radical (unpaired) electrons. The van der Waals surface area contributed by atoms with Gasteiger partial charge in [0.25, 0.3) is 0 Å². The number of terminal acetylenes is 1. The van der Waals surface area contributed by atoms with Crippen molar-refractivity contribution in [1.29, 1.82) is 0 Å². The number of hydrogen-bond acceptors (Lipinski definition) is 7. The molecule has 2 saturated heterocycles. The SMILES string of the molecule is C#Cc1ccc(CNC)cc1.C=O.CC1(CC(=O)N2CCC(O)C2)CCOCC1.NN. The number of carbonyl (C=O) groups excluding carboxylic acids is 2. The first kappa shape index (κ1) is 28.7. The molecular formula is C23H38N4O4. The fraction of sp³-hybridized carbons (Fsp3) is 0.565. The van der Waals surface area contributed by atoms with Crippen LogP contribution in [0.15, 0.2) is 24.3 Å². The van der Waals surface area contributed by atoms with Crippen molar-refractivity contribution in [2.45, 2.75) is 45.3 Å². The van der Waals surface area contributed by atoms with Crippen LogP contribution in [0.5, 0.6) is 0 Å². The van der Waals surface area contributed by atoms with E-state index in [4.69, 9.17) is 16.0 Å². The highest BCUT2D eigenvalue weighted by molar-refractivity contribution is 5.77. The number of benzene rings is 1. The van der Waals surface area contributed by atoms with Gasteiger partial charge in [0.2, 0.25) is 5.91 Å². The summed E-state index contributed by atoms with van der Waals surface area (Å²) in [6, 6.07) is 7.97. The fourth-order valence-corrected chi connectivity index (χ4v) is 3.41. The number of nitrogens with one attached hydrogen (secondary N) is 1. The molecule has 31 heavy (non-hydrogen) atoms. The Kier molecular flexibility index (Phi) is 15.2. The number of nitrogens with two attached hydrogens (primary N) is 2. The van der Waals surface area contributed by atoms with Crippen molar-refractivity contribution in [3.05, 3.63) is 35.4 Å². The molecule has 1 atom stereocenters. The number of amides is 1. The van der Waals surface area contributed by atoms with E-state index < -0.39 is 0 Å². The molecule has 1 aromatic rings. The summed E-state index contributed by atoms with van der Waals surface area (Å²) >= 11 is 0. The Morgan fingerprint density at radius 2 is 1.90 bits per heavy atom. The smallest absolute Gasteiger partial charge is 0.223 e. The van der Waals surface area contributed by atoms with Crippen molar-refractivity contribution >= 4 is 12.7 Å². The molecular weight excluding hydrogens is 396 g/mol. The Labute approximate surface area is 186 Å². The van der Waals surface area contributed by atoms with E-state index in [1.165, 1.54) is 5.56 Å². The van der Waals surface area contributed by atoms with Gasteiger partial charge >= 0.3 is 0 Å². The largest absolute Gasteiger partial charge is 0.391 e. The van der Waals surface area contributed by atoms with Crippen LogP contribution in [0.2, 0.25) is 0 Å². The van der Waals surface area contributed by atoms with Crippen LogP contribution in [0.25, 0.3) is 0 Å². The van der Waals surface area contributed by atoms with Crippen molar-refractivity contribution in [2.75, 3.05) is 33.4 Å². The predicted molar refractivity (Wildman–Crippen MR) is 123 cm³/mol. The molecule has 0 bridgehead atoms. The second kappa shape index (κ2) is 16.4. The predicted octanol–water partition coefficient (Wildman–Crippen LogP) is 0.808. The lowest BCUT2D eigenvalue weighted by molar-refractivity contribution is -0.134. The summed E-state index contributed by atoms with van der Waals surface area (Å²) in [5, 5.41) is 12.5. The number of rotatable bonds is 4. The topological polar surface area (TPSA) is 131 Å². The van der Waals surface area contributed by atoms with Gasteiger partial charge in [-0.15, -0.1) is 6.42 Å². The van der Waals surface area contributed by atoms with E-state index in [2.05, 4.69) is 29.8 Å². The minimum absolute atomic E-state index is 0.100. The molecule has 6 N–H and O–H groups in total. The number of hydrogen-bond donors (Lipinski definition) is 4. The molecule has 1 unspecified atom stereocenters. The van der Waals surface area contributed by atoms with Crippen LogP contribution in [0.3, 0.4) is 0 Å². The number of nitrogens with zero attached hydrogens (tertiary/aromatic N) is 1. The van der Waals surface area contributed by atoms with E-state index in [9.17, 15) is 9.90 Å². The van der Waals surface area contributed by atoms with E-state index in [-0.39, 0.29) is 17.4 Å². The maximum Gasteiger partial charge on any atom is 0.223 e. The minimum Gasteiger partial charge on any atom is -0.391 e. The first-order chi connectivity index (χ1) is 15.0. The van der Waals surface area contributed by atoms with Crippen molar-refractivity contribution in [1.82, 2.24) is 10.2 Å². The molecule has 8 heteroatoms. The lowest BCUT2D eigenvalue weighted by atomic mass is 9.79. The monoisotopic (exact) mass is 434 g/mol. The molecule has 0 aromatic heterocycles. The Balaban J connectivity index is 0.000000526. The van der Waals surface area contributed by atoms with Gasteiger partial charge in [-0.25, -0.2) is 0 Å². The van der Waals surface area contributed by atoms with Crippen molar-refractivity contribution in [2.24, 2.45) is 17.1 Å². The zero-order chi connectivity index (χ0) is 23.7. The third-order valence-electron chi connectivity index (χ3n) is 5.30. The van der Waals surface area contributed by atoms with E-state index in [1.54, 1.807) is 4.90 Å². The Hall–Kier alpha value is -2.28. The third kappa shape index (κ3) is 11.1. The van der Waals surface area contributed by atoms with Crippen LogP contribution in [-0.2, 0) is 20.9 Å². The van der Waals surface area contributed by atoms with Crippen LogP contribution in [-0.4, -0.2) is 62.2 Å². The molecule has 1 amide bonds. The summed E-state index contributed by atoms with van der Waals surface area (Å²) in [5.41, 5.74) is 2.29. The Morgan fingerprint density at radius 1 is 1.32 bits per heavy atom. The number of carbonyl (C=O) groups is 2. The third-order valence-corrected chi connectivity index (χ3v) is 5.30. The first-order valence-electron chi connectivity index (χ1n) is 10.3. The van der Waals surface area contributed by atoms with Gasteiger partial charge in [0, 0.05) is 44.8 Å². The average molecular weight is 435 g/mol. The van der Waals surface area contributed by atoms with Crippen LogP contribution in [0.1, 0.15) is 43.7 Å². The molecule has 0 spiro atoms. The van der Waals surface area contributed by atoms with Gasteiger partial charge in [-0.05, 0) is 49.4 Å². The van der Waals surface area contributed by atoms with Gasteiger partial charge in [0.15, 0.2) is 0 Å². The highest BCUT2D eigenvalue weighted by atomic mass is 16.5. The first-order valence-corrected chi connectivity index (χ1v) is 10.3. The van der Waals surface area contributed by atoms with Gasteiger partial charge < -0.3 is 24.9 Å². The maximum atomic E-state index is 12.0. The summed E-state index contributed by atoms with van der Waals surface area (Å²) in [6.07, 6.45) is 8.16. The number of ether oxygens (including phenoxy) is 1. The van der Waals surface area contributed by atoms with Gasteiger partial charge in [-0.1, -0.05) is 25.0 Å². The number of likely N-dealkylation sites (tertiary alicyclic amines) is 1. The summed E-state index contributed by atoms with van der Waals surface area (Å²) < 4.78 is 5.32. The fourth-order valence-electron chi connectivity index (χ4n) is 3.41. The van der Waals surface area contributed by atoms with Crippen LogP contribution in [0.4, 0.5) is 0 Å². The van der Waals surface area contributed by atoms with E-state index >= 15 is 0 Å². The number of aliphatic hydroxyl groups is 1. The highest BCUT2D eigenvalue weighted by Gasteiger charge is 2.33. The van der Waals surface area contributed by atoms with Crippen LogP contribution >= 0.6 is 0 Å². The zero-order valence-electron chi connectivity index (χ0n) is 18.8. The molecule has 174 valence electrons. The summed E-state index contributed by atoms with van der Waals surface area (Å²) in [7, 11) is 1.93. The molecule has 0 aliphatic carbocycles. The second-order valence-electron chi connectivity index (χ2n) is 7.75. The lowest BCUT2D eigenvalue weighted by Crippen LogP contribution is -2.36. The maximum absolute atomic E-state index is 12.0. The van der Waals surface area contributed by atoms with Gasteiger partial charge in [0.1, 0.15) is 6.79 Å². The lowest BCUT2D eigenvalue weighted by Gasteiger charge is -2.34. The molecule has 2 aliphatic heterocycles. The van der Waals surface area contributed by atoms with Crippen LogP contribution < -0.4 is 17.0 Å². The average Bonchev–Trinajstić information content (AvgIpc) is 3.24. The molecule has 3 rings (SSSR count). The van der Waals surface area contributed by atoms with Crippen molar-refractivity contribution in [3.63, 3.8) is 0 Å². The summed E-state index contributed by atoms with van der Waals surface area (Å²) in [6.45, 7) is 7.83. The zero-order valence-corrected chi connectivity index (χ0v) is 18.8. The summed E-state index contributed by atoms with van der Waals surface area (Å²) in [4.78, 5) is 21.8. The van der Waals surface area contributed by atoms with Crippen LogP contribution in [0, 0.1) is 17.8 Å². The number of β-amino-alcohol motifs (C(OH)–C–C–N with tert-alkyl or cyclic N) is 1. The molecule has 1 aromatic carbocycles. The number of hydrazine groups is 1. The Morgan fingerprint density at radius 3 is 2.35 bits per heavy atom. The highest BCUT2D eigenvalue weighted by Crippen LogP contribution is 2.34. The molecule has 2 aliphatic rings. The van der Waals surface area contributed by atoms with Gasteiger partial charge in [-0.2, -0.15) is 0 Å².